The van der Waals surface area contributed by atoms with Gasteiger partial charge in [0.05, 0.1) is 12.0 Å². The van der Waals surface area contributed by atoms with E-state index >= 15 is 0 Å². The number of methoxy groups -OCH3 is 1. The van der Waals surface area contributed by atoms with Crippen molar-refractivity contribution in [2.75, 3.05) is 26.7 Å². The van der Waals surface area contributed by atoms with Crippen molar-refractivity contribution in [1.29, 1.82) is 0 Å². The first kappa shape index (κ1) is 19.7. The van der Waals surface area contributed by atoms with E-state index in [-0.39, 0.29) is 11.8 Å². The fourth-order valence-electron chi connectivity index (χ4n) is 3.07. The van der Waals surface area contributed by atoms with Gasteiger partial charge in [0.1, 0.15) is 5.75 Å². The van der Waals surface area contributed by atoms with Gasteiger partial charge in [-0.15, -0.1) is 0 Å². The van der Waals surface area contributed by atoms with E-state index in [1.165, 1.54) is 4.31 Å². The third-order valence-corrected chi connectivity index (χ3v) is 6.71. The van der Waals surface area contributed by atoms with Gasteiger partial charge < -0.3 is 10.1 Å². The summed E-state index contributed by atoms with van der Waals surface area (Å²) in [6.45, 7) is 5.29. The number of hydrogen-bond donors (Lipinski definition) is 1. The fourth-order valence-corrected chi connectivity index (χ4v) is 4.74. The molecule has 0 atom stereocenters. The van der Waals surface area contributed by atoms with Crippen molar-refractivity contribution in [3.8, 4) is 5.75 Å². The van der Waals surface area contributed by atoms with Crippen molar-refractivity contribution >= 4 is 15.9 Å². The van der Waals surface area contributed by atoms with Crippen LogP contribution < -0.4 is 10.1 Å². The number of nitrogens with one attached hydrogen (secondary N) is 1. The van der Waals surface area contributed by atoms with Gasteiger partial charge in [-0.3, -0.25) is 4.79 Å². The Bertz CT molecular complexity index is 695. The lowest BCUT2D eigenvalue weighted by molar-refractivity contribution is -0.126. The monoisotopic (exact) mass is 368 g/mol. The molecule has 1 heterocycles. The summed E-state index contributed by atoms with van der Waals surface area (Å²) in [4.78, 5) is 12.4. The molecule has 6 nitrogen and oxygen atoms in total. The number of aryl methyl sites for hydroxylation is 1. The highest BCUT2D eigenvalue weighted by molar-refractivity contribution is 7.89. The van der Waals surface area contributed by atoms with E-state index in [4.69, 9.17) is 4.74 Å². The number of ether oxygens (including phenoxy) is 1. The topological polar surface area (TPSA) is 75.7 Å². The minimum absolute atomic E-state index is 0.0473. The summed E-state index contributed by atoms with van der Waals surface area (Å²) < 4.78 is 32.4. The molecule has 140 valence electrons. The average molecular weight is 368 g/mol. The number of hydrogen-bond acceptors (Lipinski definition) is 4. The highest BCUT2D eigenvalue weighted by Crippen LogP contribution is 2.27. The molecule has 2 rings (SSSR count). The van der Waals surface area contributed by atoms with Crippen LogP contribution in [0.5, 0.6) is 5.75 Å². The van der Waals surface area contributed by atoms with Crippen molar-refractivity contribution in [2.24, 2.45) is 5.92 Å². The van der Waals surface area contributed by atoms with E-state index in [9.17, 15) is 13.2 Å². The summed E-state index contributed by atoms with van der Waals surface area (Å²) in [7, 11) is -1.99. The summed E-state index contributed by atoms with van der Waals surface area (Å²) in [5.41, 5.74) is 0.666. The lowest BCUT2D eigenvalue weighted by Gasteiger charge is -2.31. The highest BCUT2D eigenvalue weighted by Gasteiger charge is 2.32. The van der Waals surface area contributed by atoms with Crippen molar-refractivity contribution in [2.45, 2.75) is 44.4 Å². The van der Waals surface area contributed by atoms with Crippen LogP contribution >= 0.6 is 0 Å². The van der Waals surface area contributed by atoms with E-state index in [0.717, 1.165) is 12.8 Å². The summed E-state index contributed by atoms with van der Waals surface area (Å²) in [5, 5.41) is 2.94. The minimum atomic E-state index is -3.54. The molecule has 0 saturated carbocycles. The van der Waals surface area contributed by atoms with Crippen LogP contribution in [0.4, 0.5) is 0 Å². The summed E-state index contributed by atoms with van der Waals surface area (Å²) in [6, 6.07) is 4.97. The van der Waals surface area contributed by atoms with Crippen LogP contribution in [0, 0.1) is 12.8 Å². The van der Waals surface area contributed by atoms with Crippen LogP contribution in [-0.4, -0.2) is 45.4 Å². The summed E-state index contributed by atoms with van der Waals surface area (Å²) in [6.07, 6.45) is 3.13. The standard InChI is InChI=1S/C18H28N2O4S/c1-4-5-10-19-18(21)15-8-11-20(12-9-15)25(22,23)17-7-6-16(24-3)13-14(17)2/h6-7,13,15H,4-5,8-12H2,1-3H3,(H,19,21). The van der Waals surface area contributed by atoms with Crippen LogP contribution in [0.2, 0.25) is 0 Å². The van der Waals surface area contributed by atoms with Crippen molar-refractivity contribution in [3.63, 3.8) is 0 Å². The van der Waals surface area contributed by atoms with Crippen molar-refractivity contribution in [1.82, 2.24) is 9.62 Å². The SMILES string of the molecule is CCCCNC(=O)C1CCN(S(=O)(=O)c2ccc(OC)cc2C)CC1. The van der Waals surface area contributed by atoms with Gasteiger partial charge in [-0.2, -0.15) is 4.31 Å². The lowest BCUT2D eigenvalue weighted by Crippen LogP contribution is -2.43. The highest BCUT2D eigenvalue weighted by atomic mass is 32.2. The Morgan fingerprint density at radius 3 is 2.56 bits per heavy atom. The van der Waals surface area contributed by atoms with Gasteiger partial charge in [-0.05, 0) is 49.9 Å². The van der Waals surface area contributed by atoms with Gasteiger partial charge in [0.2, 0.25) is 15.9 Å². The summed E-state index contributed by atoms with van der Waals surface area (Å²) >= 11 is 0. The number of carbonyl (C=O) groups excluding carboxylic acids is 1. The van der Waals surface area contributed by atoms with Crippen LogP contribution in [0.3, 0.4) is 0 Å². The lowest BCUT2D eigenvalue weighted by atomic mass is 9.97. The largest absolute Gasteiger partial charge is 0.497 e. The Hall–Kier alpha value is -1.60. The Kier molecular flexibility index (Phi) is 6.84. The molecule has 1 saturated heterocycles. The number of rotatable bonds is 7. The second-order valence-electron chi connectivity index (χ2n) is 6.45. The normalized spacial score (nSPS) is 16.6. The van der Waals surface area contributed by atoms with E-state index in [2.05, 4.69) is 12.2 Å². The maximum atomic E-state index is 12.9. The maximum absolute atomic E-state index is 12.9. The second kappa shape index (κ2) is 8.67. The van der Waals surface area contributed by atoms with Gasteiger partial charge >= 0.3 is 0 Å². The molecule has 0 spiro atoms. The number of nitrogens with zero attached hydrogens (tertiary/aromatic N) is 1. The molecule has 0 bridgehead atoms. The van der Waals surface area contributed by atoms with E-state index in [1.807, 2.05) is 0 Å². The molecule has 0 aliphatic carbocycles. The molecule has 1 amide bonds. The average Bonchev–Trinajstić information content (AvgIpc) is 2.61. The fraction of sp³-hybridized carbons (Fsp3) is 0.611. The zero-order chi connectivity index (χ0) is 18.4. The number of benzene rings is 1. The van der Waals surface area contributed by atoms with Gasteiger partial charge in [0, 0.05) is 25.6 Å². The molecular formula is C18H28N2O4S. The number of piperidine rings is 1. The number of amides is 1. The molecule has 1 aromatic carbocycles. The summed E-state index contributed by atoms with van der Waals surface area (Å²) in [5.74, 6) is 0.588. The van der Waals surface area contributed by atoms with Crippen LogP contribution in [-0.2, 0) is 14.8 Å². The molecule has 7 heteroatoms. The quantitative estimate of drug-likeness (QED) is 0.750. The number of sulfonamides is 1. The van der Waals surface area contributed by atoms with Crippen molar-refractivity contribution in [3.05, 3.63) is 23.8 Å². The Labute approximate surface area is 150 Å². The maximum Gasteiger partial charge on any atom is 0.243 e. The first-order valence-corrected chi connectivity index (χ1v) is 10.3. The molecule has 1 fully saturated rings. The smallest absolute Gasteiger partial charge is 0.243 e. The van der Waals surface area contributed by atoms with Gasteiger partial charge in [0.25, 0.3) is 0 Å². The second-order valence-corrected chi connectivity index (χ2v) is 8.36. The van der Waals surface area contributed by atoms with Gasteiger partial charge in [-0.25, -0.2) is 8.42 Å². The molecule has 0 aromatic heterocycles. The number of carbonyl (C=O) groups is 1. The Morgan fingerprint density at radius 1 is 1.32 bits per heavy atom. The van der Waals surface area contributed by atoms with Crippen molar-refractivity contribution < 1.29 is 17.9 Å². The van der Waals surface area contributed by atoms with Crippen LogP contribution in [0.1, 0.15) is 38.2 Å². The van der Waals surface area contributed by atoms with Crippen LogP contribution in [0.15, 0.2) is 23.1 Å². The molecule has 0 unspecified atom stereocenters. The predicted octanol–water partition coefficient (Wildman–Crippen LogP) is 2.32. The van der Waals surface area contributed by atoms with E-state index < -0.39 is 10.0 Å². The molecular weight excluding hydrogens is 340 g/mol. The molecule has 1 N–H and O–H groups in total. The molecule has 25 heavy (non-hydrogen) atoms. The zero-order valence-electron chi connectivity index (χ0n) is 15.2. The van der Waals surface area contributed by atoms with Gasteiger partial charge in [-0.1, -0.05) is 13.3 Å². The third-order valence-electron chi connectivity index (χ3n) is 4.65. The van der Waals surface area contributed by atoms with E-state index in [1.54, 1.807) is 32.2 Å². The molecule has 1 aliphatic rings. The first-order valence-electron chi connectivity index (χ1n) is 8.82. The van der Waals surface area contributed by atoms with Gasteiger partial charge in [0.15, 0.2) is 0 Å². The third kappa shape index (κ3) is 4.73. The molecule has 1 aromatic rings. The molecule has 0 radical (unpaired) electrons. The molecule has 1 aliphatic heterocycles. The van der Waals surface area contributed by atoms with E-state index in [0.29, 0.717) is 48.7 Å². The Balaban J connectivity index is 2.00. The Morgan fingerprint density at radius 2 is 2.00 bits per heavy atom. The predicted molar refractivity (Wildman–Crippen MR) is 97.1 cm³/mol. The minimum Gasteiger partial charge on any atom is -0.497 e. The van der Waals surface area contributed by atoms with Crippen LogP contribution in [0.25, 0.3) is 0 Å². The first-order chi connectivity index (χ1) is 11.9. The zero-order valence-corrected chi connectivity index (χ0v) is 16.1. The number of unbranched alkanes of at least 4 members (excludes halogenated alkanes) is 1.